The van der Waals surface area contributed by atoms with Crippen molar-refractivity contribution in [3.05, 3.63) is 28.3 Å². The van der Waals surface area contributed by atoms with Gasteiger partial charge in [0, 0.05) is 0 Å². The summed E-state index contributed by atoms with van der Waals surface area (Å²) in [5.74, 6) is -2.26. The zero-order valence-corrected chi connectivity index (χ0v) is 8.19. The van der Waals surface area contributed by atoms with Crippen LogP contribution in [0.1, 0.15) is 22.5 Å². The van der Waals surface area contributed by atoms with Crippen molar-refractivity contribution in [1.29, 1.82) is 0 Å². The van der Waals surface area contributed by atoms with Gasteiger partial charge in [0.05, 0.1) is 7.11 Å². The standard InChI is InChI=1S/C8H5ClF3NO2/c1-15-8(14)3-2-4(7(11)12)13-6(9)5(3)10/h2,7H,1H3. The number of ether oxygens (including phenoxy) is 1. The maximum atomic E-state index is 13.1. The third-order valence-electron chi connectivity index (χ3n) is 1.57. The average molecular weight is 240 g/mol. The number of alkyl halides is 2. The molecule has 0 aliphatic heterocycles. The van der Waals surface area contributed by atoms with Crippen molar-refractivity contribution in [2.75, 3.05) is 7.11 Å². The zero-order valence-electron chi connectivity index (χ0n) is 7.43. The Labute approximate surface area is 87.8 Å². The highest BCUT2D eigenvalue weighted by molar-refractivity contribution is 6.29. The van der Waals surface area contributed by atoms with Crippen molar-refractivity contribution in [2.24, 2.45) is 0 Å². The molecule has 0 amide bonds. The van der Waals surface area contributed by atoms with Gasteiger partial charge in [-0.2, -0.15) is 0 Å². The molecule has 0 radical (unpaired) electrons. The molecule has 1 rings (SSSR count). The quantitative estimate of drug-likeness (QED) is 0.588. The van der Waals surface area contributed by atoms with E-state index in [2.05, 4.69) is 9.72 Å². The van der Waals surface area contributed by atoms with E-state index in [0.717, 1.165) is 7.11 Å². The van der Waals surface area contributed by atoms with Crippen LogP contribution in [-0.2, 0) is 4.74 Å². The number of rotatable bonds is 2. The molecule has 1 heterocycles. The van der Waals surface area contributed by atoms with Crippen LogP contribution in [0.3, 0.4) is 0 Å². The molecule has 0 bridgehead atoms. The summed E-state index contributed by atoms with van der Waals surface area (Å²) in [6, 6.07) is 0.609. The van der Waals surface area contributed by atoms with Gasteiger partial charge in [-0.15, -0.1) is 0 Å². The molecule has 3 nitrogen and oxygen atoms in total. The molecule has 15 heavy (non-hydrogen) atoms. The minimum absolute atomic E-state index is 0.609. The topological polar surface area (TPSA) is 39.2 Å². The third-order valence-corrected chi connectivity index (χ3v) is 1.82. The van der Waals surface area contributed by atoms with Gasteiger partial charge in [0.2, 0.25) is 0 Å². The van der Waals surface area contributed by atoms with Gasteiger partial charge in [-0.05, 0) is 6.07 Å². The minimum Gasteiger partial charge on any atom is -0.465 e. The van der Waals surface area contributed by atoms with Gasteiger partial charge in [0.1, 0.15) is 11.3 Å². The highest BCUT2D eigenvalue weighted by atomic mass is 35.5. The predicted molar refractivity (Wildman–Crippen MR) is 45.5 cm³/mol. The molecule has 0 saturated heterocycles. The van der Waals surface area contributed by atoms with Gasteiger partial charge in [-0.25, -0.2) is 22.9 Å². The van der Waals surface area contributed by atoms with E-state index in [1.165, 1.54) is 0 Å². The van der Waals surface area contributed by atoms with Crippen LogP contribution < -0.4 is 0 Å². The second kappa shape index (κ2) is 4.48. The number of pyridine rings is 1. The first kappa shape index (κ1) is 11.8. The first-order valence-corrected chi connectivity index (χ1v) is 4.07. The molecule has 0 spiro atoms. The van der Waals surface area contributed by atoms with Crippen molar-refractivity contribution in [3.63, 3.8) is 0 Å². The van der Waals surface area contributed by atoms with Gasteiger partial charge in [0.15, 0.2) is 11.0 Å². The number of hydrogen-bond donors (Lipinski definition) is 0. The van der Waals surface area contributed by atoms with Crippen LogP contribution in [0.5, 0.6) is 0 Å². The Hall–Kier alpha value is -1.30. The van der Waals surface area contributed by atoms with Gasteiger partial charge >= 0.3 is 5.97 Å². The van der Waals surface area contributed by atoms with E-state index in [0.29, 0.717) is 6.07 Å². The fourth-order valence-electron chi connectivity index (χ4n) is 0.887. The molecule has 82 valence electrons. The fraction of sp³-hybridized carbons (Fsp3) is 0.250. The van der Waals surface area contributed by atoms with Crippen LogP contribution in [0.15, 0.2) is 6.07 Å². The molecule has 0 aliphatic carbocycles. The summed E-state index contributed by atoms with van der Waals surface area (Å²) in [4.78, 5) is 14.0. The lowest BCUT2D eigenvalue weighted by Crippen LogP contribution is -2.08. The SMILES string of the molecule is COC(=O)c1cc(C(F)F)nc(Cl)c1F. The number of carbonyl (C=O) groups is 1. The largest absolute Gasteiger partial charge is 0.465 e. The smallest absolute Gasteiger partial charge is 0.341 e. The van der Waals surface area contributed by atoms with Crippen LogP contribution in [0.25, 0.3) is 0 Å². The second-order valence-electron chi connectivity index (χ2n) is 2.49. The van der Waals surface area contributed by atoms with Crippen LogP contribution in [-0.4, -0.2) is 18.1 Å². The maximum absolute atomic E-state index is 13.1. The number of carbonyl (C=O) groups excluding carboxylic acids is 1. The Morgan fingerprint density at radius 2 is 2.20 bits per heavy atom. The van der Waals surface area contributed by atoms with Crippen LogP contribution in [0.4, 0.5) is 13.2 Å². The Morgan fingerprint density at radius 3 is 2.67 bits per heavy atom. The number of halogens is 4. The van der Waals surface area contributed by atoms with Gasteiger partial charge < -0.3 is 4.74 Å². The van der Waals surface area contributed by atoms with Crippen molar-refractivity contribution in [2.45, 2.75) is 6.43 Å². The van der Waals surface area contributed by atoms with E-state index in [4.69, 9.17) is 11.6 Å². The summed E-state index contributed by atoms with van der Waals surface area (Å²) in [6.07, 6.45) is -2.94. The van der Waals surface area contributed by atoms with Gasteiger partial charge in [-0.3, -0.25) is 0 Å². The number of aromatic nitrogens is 1. The zero-order chi connectivity index (χ0) is 11.6. The van der Waals surface area contributed by atoms with Crippen molar-refractivity contribution in [3.8, 4) is 0 Å². The van der Waals surface area contributed by atoms with E-state index in [-0.39, 0.29) is 0 Å². The number of nitrogens with zero attached hydrogens (tertiary/aromatic N) is 1. The molecule has 0 saturated carbocycles. The molecule has 0 aromatic carbocycles. The van der Waals surface area contributed by atoms with Gasteiger partial charge in [-0.1, -0.05) is 11.6 Å². The Kier molecular flexibility index (Phi) is 3.52. The number of hydrogen-bond acceptors (Lipinski definition) is 3. The summed E-state index contributed by atoms with van der Waals surface area (Å²) in [5.41, 5.74) is -1.44. The molecule has 1 aromatic rings. The molecule has 0 unspecified atom stereocenters. The Morgan fingerprint density at radius 1 is 1.60 bits per heavy atom. The summed E-state index contributed by atoms with van der Waals surface area (Å²) in [7, 11) is 0.998. The lowest BCUT2D eigenvalue weighted by atomic mass is 10.2. The molecular weight excluding hydrogens is 235 g/mol. The highest BCUT2D eigenvalue weighted by Gasteiger charge is 2.21. The summed E-state index contributed by atoms with van der Waals surface area (Å²) in [5, 5.41) is -0.784. The lowest BCUT2D eigenvalue weighted by Gasteiger charge is -2.05. The lowest BCUT2D eigenvalue weighted by molar-refractivity contribution is 0.0594. The first-order valence-electron chi connectivity index (χ1n) is 3.69. The monoisotopic (exact) mass is 239 g/mol. The van der Waals surface area contributed by atoms with E-state index >= 15 is 0 Å². The van der Waals surface area contributed by atoms with E-state index in [1.807, 2.05) is 0 Å². The Bertz CT molecular complexity index is 398. The predicted octanol–water partition coefficient (Wildman–Crippen LogP) is 2.60. The third kappa shape index (κ3) is 2.38. The number of esters is 1. The minimum atomic E-state index is -2.94. The van der Waals surface area contributed by atoms with E-state index in [9.17, 15) is 18.0 Å². The molecular formula is C8H5ClF3NO2. The van der Waals surface area contributed by atoms with Crippen molar-refractivity contribution >= 4 is 17.6 Å². The summed E-state index contributed by atoms with van der Waals surface area (Å²) < 4.78 is 41.8. The Balaban J connectivity index is 3.31. The summed E-state index contributed by atoms with van der Waals surface area (Å²) >= 11 is 5.24. The molecule has 0 atom stereocenters. The number of methoxy groups -OCH3 is 1. The van der Waals surface area contributed by atoms with E-state index in [1.54, 1.807) is 0 Å². The first-order chi connectivity index (χ1) is 6.97. The normalized spacial score (nSPS) is 10.5. The average Bonchev–Trinajstić information content (AvgIpc) is 2.20. The molecule has 1 aromatic heterocycles. The maximum Gasteiger partial charge on any atom is 0.341 e. The van der Waals surface area contributed by atoms with Crippen molar-refractivity contribution < 1.29 is 22.7 Å². The summed E-state index contributed by atoms with van der Waals surface area (Å²) in [6.45, 7) is 0. The van der Waals surface area contributed by atoms with Crippen LogP contribution in [0, 0.1) is 5.82 Å². The highest BCUT2D eigenvalue weighted by Crippen LogP contribution is 2.24. The van der Waals surface area contributed by atoms with Crippen molar-refractivity contribution in [1.82, 2.24) is 4.98 Å². The molecule has 0 aliphatic rings. The van der Waals surface area contributed by atoms with E-state index < -0.39 is 34.6 Å². The molecule has 0 fully saturated rings. The second-order valence-corrected chi connectivity index (χ2v) is 2.85. The fourth-order valence-corrected chi connectivity index (χ4v) is 1.09. The molecule has 0 N–H and O–H groups in total. The molecule has 7 heteroatoms. The van der Waals surface area contributed by atoms with Crippen LogP contribution >= 0.6 is 11.6 Å². The van der Waals surface area contributed by atoms with Crippen LogP contribution in [0.2, 0.25) is 5.15 Å². The van der Waals surface area contributed by atoms with Gasteiger partial charge in [0.25, 0.3) is 6.43 Å².